The predicted molar refractivity (Wildman–Crippen MR) is 121 cm³/mol. The number of aliphatic carboxylic acids is 1. The van der Waals surface area contributed by atoms with Gasteiger partial charge in [0.15, 0.2) is 0 Å². The van der Waals surface area contributed by atoms with E-state index in [4.69, 9.17) is 9.84 Å². The van der Waals surface area contributed by atoms with Gasteiger partial charge in [-0.15, -0.1) is 0 Å². The van der Waals surface area contributed by atoms with Gasteiger partial charge in [0.25, 0.3) is 0 Å². The van der Waals surface area contributed by atoms with Crippen molar-refractivity contribution in [2.45, 2.75) is 31.4 Å². The molecule has 3 atom stereocenters. The first-order valence-electron chi connectivity index (χ1n) is 10.5. The maximum absolute atomic E-state index is 11.0. The van der Waals surface area contributed by atoms with Crippen LogP contribution in [0.25, 0.3) is 0 Å². The van der Waals surface area contributed by atoms with Crippen molar-refractivity contribution >= 4 is 17.5 Å². The second-order valence-corrected chi connectivity index (χ2v) is 7.91. The summed E-state index contributed by atoms with van der Waals surface area (Å²) < 4.78 is 6.47. The van der Waals surface area contributed by atoms with E-state index in [9.17, 15) is 4.79 Å². The molecule has 2 heterocycles. The van der Waals surface area contributed by atoms with Crippen molar-refractivity contribution in [3.63, 3.8) is 0 Å². The van der Waals surface area contributed by atoms with Crippen molar-refractivity contribution in [2.75, 3.05) is 23.8 Å². The van der Waals surface area contributed by atoms with Gasteiger partial charge in [-0.3, -0.25) is 4.79 Å². The van der Waals surface area contributed by atoms with Crippen LogP contribution in [0.2, 0.25) is 0 Å². The molecule has 0 radical (unpaired) electrons. The molecule has 0 aliphatic carbocycles. The van der Waals surface area contributed by atoms with Crippen molar-refractivity contribution in [1.29, 1.82) is 0 Å². The Morgan fingerprint density at radius 2 is 1.94 bits per heavy atom. The van der Waals surface area contributed by atoms with E-state index in [0.717, 1.165) is 34.7 Å². The number of hydrogen-bond donors (Lipinski definition) is 3. The number of carboxylic acids is 1. The molecule has 0 fully saturated rings. The number of fused-ring (bicyclic) bond motifs is 1. The minimum Gasteiger partial charge on any atom is -0.481 e. The Kier molecular flexibility index (Phi) is 6.48. The summed E-state index contributed by atoms with van der Waals surface area (Å²) in [5.41, 5.74) is 3.98. The standard InChI is InChI=1S/C25H27N3O3/c1-17(20-10-5-7-18(13-20)14-23(29)30)16-31-24(19-8-3-2-4-9-19)22-15-27-21-11-6-12-26-25(21)28-22/h2-13,17,22,24,27H,14-16H2,1H3,(H,26,28)(H,29,30)/t17?,22-,24+/m1/s1. The summed E-state index contributed by atoms with van der Waals surface area (Å²) in [7, 11) is 0. The third-order valence-corrected chi connectivity index (χ3v) is 5.54. The Morgan fingerprint density at radius 3 is 2.74 bits per heavy atom. The zero-order valence-corrected chi connectivity index (χ0v) is 17.5. The summed E-state index contributed by atoms with van der Waals surface area (Å²) in [6.07, 6.45) is 1.65. The lowest BCUT2D eigenvalue weighted by atomic mass is 9.97. The molecule has 1 unspecified atom stereocenters. The molecule has 4 rings (SSSR count). The molecular weight excluding hydrogens is 390 g/mol. The van der Waals surface area contributed by atoms with Gasteiger partial charge in [0, 0.05) is 18.7 Å². The highest BCUT2D eigenvalue weighted by Gasteiger charge is 2.28. The van der Waals surface area contributed by atoms with Crippen LogP contribution in [0.4, 0.5) is 11.5 Å². The van der Waals surface area contributed by atoms with E-state index in [2.05, 4.69) is 34.7 Å². The number of carboxylic acid groups (broad SMARTS) is 1. The van der Waals surface area contributed by atoms with Crippen LogP contribution in [0.3, 0.4) is 0 Å². The maximum atomic E-state index is 11.0. The van der Waals surface area contributed by atoms with Gasteiger partial charge in [0.2, 0.25) is 0 Å². The van der Waals surface area contributed by atoms with Crippen LogP contribution >= 0.6 is 0 Å². The summed E-state index contributed by atoms with van der Waals surface area (Å²) in [5.74, 6) is 0.134. The van der Waals surface area contributed by atoms with Crippen LogP contribution in [-0.2, 0) is 16.0 Å². The fourth-order valence-corrected chi connectivity index (χ4v) is 3.91. The highest BCUT2D eigenvalue weighted by Crippen LogP contribution is 2.31. The summed E-state index contributed by atoms with van der Waals surface area (Å²) >= 11 is 0. The topological polar surface area (TPSA) is 83.5 Å². The number of benzene rings is 2. The molecule has 2 aromatic carbocycles. The number of ether oxygens (including phenoxy) is 1. The Labute approximate surface area is 182 Å². The molecule has 0 saturated carbocycles. The molecule has 1 aliphatic heterocycles. The SMILES string of the molecule is CC(CO[C@@H](c1ccccc1)[C@H]1CNc2cccnc2N1)c1cccc(CC(=O)O)c1. The molecule has 160 valence electrons. The molecule has 0 bridgehead atoms. The Morgan fingerprint density at radius 1 is 1.13 bits per heavy atom. The van der Waals surface area contributed by atoms with Crippen molar-refractivity contribution in [1.82, 2.24) is 4.98 Å². The number of pyridine rings is 1. The Balaban J connectivity index is 1.49. The van der Waals surface area contributed by atoms with E-state index in [0.29, 0.717) is 6.61 Å². The molecule has 1 aromatic heterocycles. The molecule has 6 heteroatoms. The summed E-state index contributed by atoms with van der Waals surface area (Å²) in [5, 5.41) is 16.0. The second kappa shape index (κ2) is 9.62. The quantitative estimate of drug-likeness (QED) is 0.501. The molecule has 3 aromatic rings. The number of nitrogens with one attached hydrogen (secondary N) is 2. The molecule has 0 amide bonds. The number of anilines is 2. The van der Waals surface area contributed by atoms with E-state index in [-0.39, 0.29) is 24.5 Å². The summed E-state index contributed by atoms with van der Waals surface area (Å²) in [6.45, 7) is 3.34. The fourth-order valence-electron chi connectivity index (χ4n) is 3.91. The van der Waals surface area contributed by atoms with Crippen molar-refractivity contribution < 1.29 is 14.6 Å². The van der Waals surface area contributed by atoms with E-state index in [1.165, 1.54) is 0 Å². The van der Waals surface area contributed by atoms with Gasteiger partial charge in [-0.05, 0) is 28.8 Å². The van der Waals surface area contributed by atoms with E-state index < -0.39 is 5.97 Å². The largest absolute Gasteiger partial charge is 0.481 e. The van der Waals surface area contributed by atoms with Gasteiger partial charge in [-0.1, -0.05) is 61.5 Å². The molecule has 3 N–H and O–H groups in total. The Bertz CT molecular complexity index is 1030. The van der Waals surface area contributed by atoms with Gasteiger partial charge < -0.3 is 20.5 Å². The highest BCUT2D eigenvalue weighted by atomic mass is 16.5. The predicted octanol–water partition coefficient (Wildman–Crippen LogP) is 4.48. The lowest BCUT2D eigenvalue weighted by molar-refractivity contribution is -0.136. The van der Waals surface area contributed by atoms with Crippen LogP contribution < -0.4 is 10.6 Å². The number of nitrogens with zero attached hydrogens (tertiary/aromatic N) is 1. The van der Waals surface area contributed by atoms with Crippen LogP contribution in [-0.4, -0.2) is 35.3 Å². The van der Waals surface area contributed by atoms with Gasteiger partial charge in [0.05, 0.1) is 24.8 Å². The first-order chi connectivity index (χ1) is 15.1. The third kappa shape index (κ3) is 5.22. The summed E-state index contributed by atoms with van der Waals surface area (Å²) in [6, 6.07) is 21.9. The molecule has 1 aliphatic rings. The van der Waals surface area contributed by atoms with Crippen LogP contribution in [0.5, 0.6) is 0 Å². The van der Waals surface area contributed by atoms with Crippen LogP contribution in [0.15, 0.2) is 72.9 Å². The van der Waals surface area contributed by atoms with Gasteiger partial charge in [-0.2, -0.15) is 0 Å². The molecular formula is C25H27N3O3. The van der Waals surface area contributed by atoms with Crippen molar-refractivity contribution in [2.24, 2.45) is 0 Å². The van der Waals surface area contributed by atoms with Crippen molar-refractivity contribution in [3.8, 4) is 0 Å². The lowest BCUT2D eigenvalue weighted by Crippen LogP contribution is -2.39. The lowest BCUT2D eigenvalue weighted by Gasteiger charge is -2.34. The minimum atomic E-state index is -0.824. The monoisotopic (exact) mass is 417 g/mol. The van der Waals surface area contributed by atoms with Gasteiger partial charge in [0.1, 0.15) is 11.9 Å². The molecule has 0 saturated heterocycles. The average molecular weight is 418 g/mol. The van der Waals surface area contributed by atoms with Gasteiger partial charge >= 0.3 is 5.97 Å². The zero-order chi connectivity index (χ0) is 21.6. The van der Waals surface area contributed by atoms with Gasteiger partial charge in [-0.25, -0.2) is 4.98 Å². The summed E-state index contributed by atoms with van der Waals surface area (Å²) in [4.78, 5) is 15.5. The van der Waals surface area contributed by atoms with Crippen molar-refractivity contribution in [3.05, 3.63) is 89.6 Å². The number of carbonyl (C=O) groups is 1. The first-order valence-corrected chi connectivity index (χ1v) is 10.5. The van der Waals surface area contributed by atoms with E-state index >= 15 is 0 Å². The molecule has 0 spiro atoms. The molecule has 6 nitrogen and oxygen atoms in total. The zero-order valence-electron chi connectivity index (χ0n) is 17.5. The minimum absolute atomic E-state index is 0.0235. The highest BCUT2D eigenvalue weighted by molar-refractivity contribution is 5.70. The number of rotatable bonds is 8. The fraction of sp³-hybridized carbons (Fsp3) is 0.280. The number of hydrogen-bond acceptors (Lipinski definition) is 5. The maximum Gasteiger partial charge on any atom is 0.307 e. The number of aromatic nitrogens is 1. The average Bonchev–Trinajstić information content (AvgIpc) is 2.79. The molecule has 31 heavy (non-hydrogen) atoms. The first kappa shape index (κ1) is 20.9. The second-order valence-electron chi connectivity index (χ2n) is 7.91. The van der Waals surface area contributed by atoms with E-state index in [1.54, 1.807) is 6.20 Å². The third-order valence-electron chi connectivity index (χ3n) is 5.54. The van der Waals surface area contributed by atoms with Crippen LogP contribution in [0.1, 0.15) is 35.6 Å². The smallest absolute Gasteiger partial charge is 0.307 e. The Hall–Kier alpha value is -3.38. The van der Waals surface area contributed by atoms with Crippen LogP contribution in [0, 0.1) is 0 Å². The normalized spacial score (nSPS) is 17.0. The van der Waals surface area contributed by atoms with E-state index in [1.807, 2.05) is 54.6 Å².